The monoisotopic (exact) mass is 354 g/mol. The molecule has 0 aliphatic carbocycles. The van der Waals surface area contributed by atoms with Gasteiger partial charge in [-0.05, 0) is 37.2 Å². The number of methoxy groups -OCH3 is 1. The molecule has 0 spiro atoms. The Morgan fingerprint density at radius 1 is 1.15 bits per heavy atom. The molecule has 1 aliphatic heterocycles. The van der Waals surface area contributed by atoms with Crippen molar-refractivity contribution in [2.24, 2.45) is 0 Å². The summed E-state index contributed by atoms with van der Waals surface area (Å²) in [6.07, 6.45) is 2.58. The van der Waals surface area contributed by atoms with Gasteiger partial charge in [-0.1, -0.05) is 18.2 Å². The van der Waals surface area contributed by atoms with Gasteiger partial charge in [-0.3, -0.25) is 4.79 Å². The second-order valence-corrected chi connectivity index (χ2v) is 6.52. The predicted molar refractivity (Wildman–Crippen MR) is 103 cm³/mol. The van der Waals surface area contributed by atoms with E-state index in [0.29, 0.717) is 5.69 Å². The van der Waals surface area contributed by atoms with Gasteiger partial charge in [-0.2, -0.15) is 0 Å². The molecule has 2 aromatic rings. The molecule has 2 heterocycles. The van der Waals surface area contributed by atoms with Gasteiger partial charge in [0.05, 0.1) is 19.0 Å². The summed E-state index contributed by atoms with van der Waals surface area (Å²) >= 11 is 0. The fourth-order valence-electron chi connectivity index (χ4n) is 3.05. The second-order valence-electron chi connectivity index (χ2n) is 6.52. The maximum atomic E-state index is 12.5. The van der Waals surface area contributed by atoms with Gasteiger partial charge in [0.25, 0.3) is 5.91 Å². The Morgan fingerprint density at radius 3 is 2.62 bits per heavy atom. The van der Waals surface area contributed by atoms with E-state index >= 15 is 0 Å². The molecule has 0 unspecified atom stereocenters. The number of nitrogens with zero attached hydrogens (tertiary/aromatic N) is 3. The number of para-hydroxylation sites is 1. The van der Waals surface area contributed by atoms with E-state index in [1.54, 1.807) is 19.4 Å². The van der Waals surface area contributed by atoms with Gasteiger partial charge in [0.2, 0.25) is 0 Å². The van der Waals surface area contributed by atoms with E-state index in [1.807, 2.05) is 29.2 Å². The molecule has 1 aromatic heterocycles. The van der Waals surface area contributed by atoms with E-state index in [0.717, 1.165) is 56.1 Å². The number of ether oxygens (including phenoxy) is 1. The molecule has 6 nitrogen and oxygen atoms in total. The van der Waals surface area contributed by atoms with Gasteiger partial charge in [-0.15, -0.1) is 0 Å². The number of carbonyl (C=O) groups is 1. The molecule has 0 saturated carbocycles. The first kappa shape index (κ1) is 18.2. The van der Waals surface area contributed by atoms with Crippen LogP contribution in [-0.4, -0.2) is 67.6 Å². The summed E-state index contributed by atoms with van der Waals surface area (Å²) < 4.78 is 5.37. The van der Waals surface area contributed by atoms with Crippen molar-refractivity contribution < 1.29 is 9.53 Å². The van der Waals surface area contributed by atoms with Crippen molar-refractivity contribution in [1.29, 1.82) is 0 Å². The summed E-state index contributed by atoms with van der Waals surface area (Å²) in [6, 6.07) is 11.7. The number of piperazine rings is 1. The summed E-state index contributed by atoms with van der Waals surface area (Å²) in [7, 11) is 3.76. The molecular formula is C20H26N4O2. The standard InChI is InChI=1S/C20H26N4O2/c1-23-11-13-24(14-12-23)20(25)18-8-7-17(15-22-18)21-10-9-16-5-3-4-6-19(16)26-2/h3-8,15,21H,9-14H2,1-2H3. The number of benzene rings is 1. The first-order valence-corrected chi connectivity index (χ1v) is 8.97. The van der Waals surface area contributed by atoms with E-state index in [4.69, 9.17) is 4.74 Å². The summed E-state index contributed by atoms with van der Waals surface area (Å²) in [5.41, 5.74) is 2.58. The van der Waals surface area contributed by atoms with E-state index in [9.17, 15) is 4.79 Å². The predicted octanol–water partition coefficient (Wildman–Crippen LogP) is 2.13. The third-order valence-corrected chi connectivity index (χ3v) is 4.69. The Hall–Kier alpha value is -2.60. The summed E-state index contributed by atoms with van der Waals surface area (Å²) in [5.74, 6) is 0.916. The Kier molecular flexibility index (Phi) is 6.07. The Labute approximate surface area is 154 Å². The molecule has 0 atom stereocenters. The van der Waals surface area contributed by atoms with Crippen molar-refractivity contribution in [1.82, 2.24) is 14.8 Å². The minimum atomic E-state index is 0.0127. The lowest BCUT2D eigenvalue weighted by molar-refractivity contribution is 0.0658. The third kappa shape index (κ3) is 4.52. The molecule has 1 amide bonds. The van der Waals surface area contributed by atoms with Gasteiger partial charge in [0.1, 0.15) is 11.4 Å². The van der Waals surface area contributed by atoms with Crippen LogP contribution < -0.4 is 10.1 Å². The highest BCUT2D eigenvalue weighted by molar-refractivity contribution is 5.92. The number of amides is 1. The number of likely N-dealkylation sites (N-methyl/N-ethyl adjacent to an activating group) is 1. The molecule has 1 aromatic carbocycles. The first-order valence-electron chi connectivity index (χ1n) is 8.97. The lowest BCUT2D eigenvalue weighted by Crippen LogP contribution is -2.47. The van der Waals surface area contributed by atoms with Crippen LogP contribution in [0.1, 0.15) is 16.1 Å². The van der Waals surface area contributed by atoms with Crippen molar-refractivity contribution in [2.45, 2.75) is 6.42 Å². The average molecular weight is 354 g/mol. The maximum Gasteiger partial charge on any atom is 0.272 e. The van der Waals surface area contributed by atoms with Crippen LogP contribution in [0.25, 0.3) is 0 Å². The highest BCUT2D eigenvalue weighted by atomic mass is 16.5. The molecule has 138 valence electrons. The highest BCUT2D eigenvalue weighted by Gasteiger charge is 2.21. The Morgan fingerprint density at radius 2 is 1.92 bits per heavy atom. The quantitative estimate of drug-likeness (QED) is 0.861. The van der Waals surface area contributed by atoms with Crippen molar-refractivity contribution in [3.05, 3.63) is 53.9 Å². The van der Waals surface area contributed by atoms with Crippen LogP contribution in [0.4, 0.5) is 5.69 Å². The molecule has 3 rings (SSSR count). The van der Waals surface area contributed by atoms with Gasteiger partial charge >= 0.3 is 0 Å². The van der Waals surface area contributed by atoms with Gasteiger partial charge in [0.15, 0.2) is 0 Å². The molecular weight excluding hydrogens is 328 g/mol. The van der Waals surface area contributed by atoms with E-state index in [-0.39, 0.29) is 5.91 Å². The number of nitrogens with one attached hydrogen (secondary N) is 1. The SMILES string of the molecule is COc1ccccc1CCNc1ccc(C(=O)N2CCN(C)CC2)nc1. The number of hydrogen-bond donors (Lipinski definition) is 1. The van der Waals surface area contributed by atoms with Crippen molar-refractivity contribution in [3.8, 4) is 5.75 Å². The van der Waals surface area contributed by atoms with Crippen molar-refractivity contribution in [3.63, 3.8) is 0 Å². The minimum absolute atomic E-state index is 0.0127. The molecule has 1 fully saturated rings. The summed E-state index contributed by atoms with van der Waals surface area (Å²) in [4.78, 5) is 20.9. The molecule has 1 N–H and O–H groups in total. The fraction of sp³-hybridized carbons (Fsp3) is 0.400. The molecule has 6 heteroatoms. The van der Waals surface area contributed by atoms with Crippen LogP contribution in [0.5, 0.6) is 5.75 Å². The first-order chi connectivity index (χ1) is 12.7. The zero-order chi connectivity index (χ0) is 18.4. The topological polar surface area (TPSA) is 57.7 Å². The fourth-order valence-corrected chi connectivity index (χ4v) is 3.05. The number of rotatable bonds is 6. The van der Waals surface area contributed by atoms with Crippen LogP contribution >= 0.6 is 0 Å². The van der Waals surface area contributed by atoms with Gasteiger partial charge in [0, 0.05) is 32.7 Å². The number of hydrogen-bond acceptors (Lipinski definition) is 5. The Bertz CT molecular complexity index is 725. The molecule has 0 radical (unpaired) electrons. The van der Waals surface area contributed by atoms with E-state index in [2.05, 4.69) is 28.3 Å². The molecule has 0 bridgehead atoms. The second kappa shape index (κ2) is 8.67. The maximum absolute atomic E-state index is 12.5. The van der Waals surface area contributed by atoms with Crippen LogP contribution in [0.3, 0.4) is 0 Å². The third-order valence-electron chi connectivity index (χ3n) is 4.69. The highest BCUT2D eigenvalue weighted by Crippen LogP contribution is 2.18. The zero-order valence-electron chi connectivity index (χ0n) is 15.4. The number of anilines is 1. The van der Waals surface area contributed by atoms with Gasteiger partial charge in [-0.25, -0.2) is 4.98 Å². The molecule has 1 saturated heterocycles. The van der Waals surface area contributed by atoms with E-state index in [1.165, 1.54) is 0 Å². The number of aromatic nitrogens is 1. The van der Waals surface area contributed by atoms with Crippen molar-refractivity contribution in [2.75, 3.05) is 52.2 Å². The van der Waals surface area contributed by atoms with E-state index < -0.39 is 0 Å². The number of pyridine rings is 1. The largest absolute Gasteiger partial charge is 0.496 e. The number of carbonyl (C=O) groups excluding carboxylic acids is 1. The lowest BCUT2D eigenvalue weighted by Gasteiger charge is -2.32. The molecule has 26 heavy (non-hydrogen) atoms. The summed E-state index contributed by atoms with van der Waals surface area (Å²) in [5, 5.41) is 3.35. The van der Waals surface area contributed by atoms with Crippen LogP contribution in [0, 0.1) is 0 Å². The smallest absolute Gasteiger partial charge is 0.272 e. The lowest BCUT2D eigenvalue weighted by atomic mass is 10.1. The average Bonchev–Trinajstić information content (AvgIpc) is 2.69. The zero-order valence-corrected chi connectivity index (χ0v) is 15.4. The molecule has 1 aliphatic rings. The minimum Gasteiger partial charge on any atom is -0.496 e. The van der Waals surface area contributed by atoms with Crippen LogP contribution in [0.15, 0.2) is 42.6 Å². The van der Waals surface area contributed by atoms with Crippen LogP contribution in [0.2, 0.25) is 0 Å². The normalized spacial score (nSPS) is 14.9. The summed E-state index contributed by atoms with van der Waals surface area (Å²) in [6.45, 7) is 4.11. The van der Waals surface area contributed by atoms with Crippen LogP contribution in [-0.2, 0) is 6.42 Å². The van der Waals surface area contributed by atoms with Gasteiger partial charge < -0.3 is 19.9 Å². The van der Waals surface area contributed by atoms with Crippen molar-refractivity contribution >= 4 is 11.6 Å². The Balaban J connectivity index is 1.52.